The number of hydrogen-bond acceptors (Lipinski definition) is 8. The molecule has 9 heteroatoms. The van der Waals surface area contributed by atoms with E-state index in [9.17, 15) is 19.5 Å². The Labute approximate surface area is 110 Å². The lowest BCUT2D eigenvalue weighted by molar-refractivity contribution is -0.231. The van der Waals surface area contributed by atoms with Crippen LogP contribution in [0.1, 0.15) is 6.42 Å². The Hall–Kier alpha value is 0.130. The highest BCUT2D eigenvalue weighted by Crippen LogP contribution is 2.23. The van der Waals surface area contributed by atoms with Crippen molar-refractivity contribution in [3.63, 3.8) is 0 Å². The fourth-order valence-electron chi connectivity index (χ4n) is 1.73. The van der Waals surface area contributed by atoms with Gasteiger partial charge in [-0.15, -0.1) is 0 Å². The summed E-state index contributed by atoms with van der Waals surface area (Å²) in [7, 11) is -2.75. The van der Waals surface area contributed by atoms with Crippen molar-refractivity contribution in [3.05, 3.63) is 0 Å². The standard InChI is InChI=1S/C9H18O7S2/c1-18(14,17)15-3-2-5-7(11)9(13)8(12)6(4-10)16-5/h5-13H,2-4H2,1H3/t5-,6+,7-,8+,9+,18?/m0/s1. The Morgan fingerprint density at radius 3 is 2.28 bits per heavy atom. The average Bonchev–Trinajstić information content (AvgIpc) is 2.27. The zero-order valence-electron chi connectivity index (χ0n) is 9.84. The quantitative estimate of drug-likeness (QED) is 0.441. The second-order valence-corrected chi connectivity index (χ2v) is 7.64. The number of aliphatic hydroxyl groups is 4. The van der Waals surface area contributed by atoms with Gasteiger partial charge in [0, 0.05) is 23.9 Å². The van der Waals surface area contributed by atoms with Crippen LogP contribution in [0.25, 0.3) is 0 Å². The first-order valence-corrected chi connectivity index (χ1v) is 8.23. The molecule has 18 heavy (non-hydrogen) atoms. The molecule has 1 heterocycles. The normalized spacial score (nSPS) is 40.4. The minimum Gasteiger partial charge on any atom is -0.394 e. The maximum Gasteiger partial charge on any atom is 0.141 e. The smallest absolute Gasteiger partial charge is 0.141 e. The maximum atomic E-state index is 11.1. The van der Waals surface area contributed by atoms with Gasteiger partial charge in [0.15, 0.2) is 0 Å². The van der Waals surface area contributed by atoms with Gasteiger partial charge in [-0.1, -0.05) is 0 Å². The maximum absolute atomic E-state index is 11.1. The van der Waals surface area contributed by atoms with Crippen molar-refractivity contribution in [3.8, 4) is 0 Å². The molecule has 6 atom stereocenters. The van der Waals surface area contributed by atoms with Crippen LogP contribution in [-0.2, 0) is 28.9 Å². The van der Waals surface area contributed by atoms with Crippen LogP contribution in [0.15, 0.2) is 0 Å². The van der Waals surface area contributed by atoms with Crippen molar-refractivity contribution in [2.75, 3.05) is 19.5 Å². The molecule has 0 aromatic heterocycles. The number of aliphatic hydroxyl groups excluding tert-OH is 4. The van der Waals surface area contributed by atoms with Gasteiger partial charge in [0.1, 0.15) is 33.2 Å². The van der Waals surface area contributed by atoms with Crippen molar-refractivity contribution < 1.29 is 33.6 Å². The van der Waals surface area contributed by atoms with Crippen LogP contribution >= 0.6 is 0 Å². The Balaban J connectivity index is 2.54. The van der Waals surface area contributed by atoms with E-state index in [-0.39, 0.29) is 13.0 Å². The fourth-order valence-corrected chi connectivity index (χ4v) is 2.34. The molecule has 1 rings (SSSR count). The summed E-state index contributed by atoms with van der Waals surface area (Å²) in [5, 5.41) is 37.7. The zero-order chi connectivity index (χ0) is 13.9. The first kappa shape index (κ1) is 16.2. The van der Waals surface area contributed by atoms with Gasteiger partial charge in [0.2, 0.25) is 0 Å². The third-order valence-electron chi connectivity index (χ3n) is 2.69. The second-order valence-electron chi connectivity index (χ2n) is 4.18. The Kier molecular flexibility index (Phi) is 5.87. The van der Waals surface area contributed by atoms with E-state index in [1.807, 2.05) is 0 Å². The zero-order valence-corrected chi connectivity index (χ0v) is 11.5. The molecule has 1 saturated heterocycles. The van der Waals surface area contributed by atoms with E-state index < -0.39 is 45.9 Å². The third-order valence-corrected chi connectivity index (χ3v) is 3.57. The van der Waals surface area contributed by atoms with Gasteiger partial charge in [-0.3, -0.25) is 4.18 Å². The van der Waals surface area contributed by atoms with Crippen LogP contribution in [0, 0.1) is 0 Å². The monoisotopic (exact) mass is 302 g/mol. The van der Waals surface area contributed by atoms with Crippen LogP contribution in [0.2, 0.25) is 0 Å². The van der Waals surface area contributed by atoms with E-state index in [0.29, 0.717) is 0 Å². The molecule has 4 N–H and O–H groups in total. The van der Waals surface area contributed by atoms with Crippen molar-refractivity contribution in [1.82, 2.24) is 0 Å². The Morgan fingerprint density at radius 1 is 1.22 bits per heavy atom. The van der Waals surface area contributed by atoms with Crippen molar-refractivity contribution in [2.24, 2.45) is 0 Å². The second kappa shape index (κ2) is 6.53. The highest BCUT2D eigenvalue weighted by molar-refractivity contribution is 8.29. The van der Waals surface area contributed by atoms with Gasteiger partial charge < -0.3 is 25.2 Å². The van der Waals surface area contributed by atoms with E-state index in [0.717, 1.165) is 0 Å². The lowest BCUT2D eigenvalue weighted by Gasteiger charge is -2.40. The molecule has 7 nitrogen and oxygen atoms in total. The van der Waals surface area contributed by atoms with Crippen LogP contribution in [-0.4, -0.2) is 74.6 Å². The molecule has 0 bridgehead atoms. The summed E-state index contributed by atoms with van der Waals surface area (Å²) >= 11 is 4.54. The van der Waals surface area contributed by atoms with Gasteiger partial charge in [-0.05, 0) is 0 Å². The molecule has 0 saturated carbocycles. The van der Waals surface area contributed by atoms with Crippen LogP contribution in [0.5, 0.6) is 0 Å². The molecule has 0 aromatic rings. The summed E-state index contributed by atoms with van der Waals surface area (Å²) in [5.41, 5.74) is 0. The molecule has 108 valence electrons. The van der Waals surface area contributed by atoms with Gasteiger partial charge in [-0.2, -0.15) is 0 Å². The lowest BCUT2D eigenvalue weighted by atomic mass is 9.94. The number of rotatable bonds is 5. The first-order valence-electron chi connectivity index (χ1n) is 5.41. The average molecular weight is 302 g/mol. The minimum atomic E-state index is -2.75. The third kappa shape index (κ3) is 4.35. The Bertz CT molecular complexity index is 356. The van der Waals surface area contributed by atoms with Crippen LogP contribution in [0.3, 0.4) is 0 Å². The Morgan fingerprint density at radius 2 is 1.78 bits per heavy atom. The summed E-state index contributed by atoms with van der Waals surface area (Å²) in [6.07, 6.45) is -4.45. The van der Waals surface area contributed by atoms with Crippen molar-refractivity contribution in [2.45, 2.75) is 36.9 Å². The lowest BCUT2D eigenvalue weighted by Crippen LogP contribution is -2.58. The summed E-state index contributed by atoms with van der Waals surface area (Å²) in [5.74, 6) is 0. The molecule has 1 aliphatic heterocycles. The van der Waals surface area contributed by atoms with E-state index in [4.69, 9.17) is 14.0 Å². The van der Waals surface area contributed by atoms with Crippen molar-refractivity contribution >= 4 is 20.0 Å². The summed E-state index contributed by atoms with van der Waals surface area (Å²) in [6.45, 7) is -0.491. The summed E-state index contributed by atoms with van der Waals surface area (Å²) < 4.78 is 21.2. The van der Waals surface area contributed by atoms with Crippen LogP contribution < -0.4 is 0 Å². The summed E-state index contributed by atoms with van der Waals surface area (Å²) in [4.78, 5) is 0. The number of ether oxygens (including phenoxy) is 1. The van der Waals surface area contributed by atoms with E-state index in [1.165, 1.54) is 6.26 Å². The molecule has 0 amide bonds. The molecule has 1 fully saturated rings. The van der Waals surface area contributed by atoms with E-state index in [2.05, 4.69) is 11.2 Å². The largest absolute Gasteiger partial charge is 0.394 e. The van der Waals surface area contributed by atoms with Crippen LogP contribution in [0.4, 0.5) is 0 Å². The predicted molar refractivity (Wildman–Crippen MR) is 65.8 cm³/mol. The summed E-state index contributed by atoms with van der Waals surface area (Å²) in [6, 6.07) is 0. The molecular weight excluding hydrogens is 284 g/mol. The molecule has 1 aliphatic rings. The number of hydrogen-bond donors (Lipinski definition) is 4. The van der Waals surface area contributed by atoms with Crippen molar-refractivity contribution in [1.29, 1.82) is 0 Å². The molecular formula is C9H18O7S2. The highest BCUT2D eigenvalue weighted by atomic mass is 32.8. The molecule has 0 radical (unpaired) electrons. The van der Waals surface area contributed by atoms with E-state index in [1.54, 1.807) is 0 Å². The molecule has 1 unspecified atom stereocenters. The van der Waals surface area contributed by atoms with Gasteiger partial charge >= 0.3 is 0 Å². The molecule has 0 aromatic carbocycles. The first-order chi connectivity index (χ1) is 8.26. The highest BCUT2D eigenvalue weighted by Gasteiger charge is 2.42. The van der Waals surface area contributed by atoms with Gasteiger partial charge in [0.25, 0.3) is 0 Å². The topological polar surface area (TPSA) is 116 Å². The molecule has 0 spiro atoms. The fraction of sp³-hybridized carbons (Fsp3) is 1.00. The van der Waals surface area contributed by atoms with E-state index >= 15 is 0 Å². The minimum absolute atomic E-state index is 0.0124. The molecule has 0 aliphatic carbocycles. The van der Waals surface area contributed by atoms with Gasteiger partial charge in [0.05, 0.1) is 19.3 Å². The predicted octanol–water partition coefficient (Wildman–Crippen LogP) is -2.47. The van der Waals surface area contributed by atoms with Gasteiger partial charge in [-0.25, -0.2) is 4.21 Å². The SMILES string of the molecule is CS(=O)(=S)OCC[C@@H]1O[C@H](CO)[C@@H](O)[C@H](O)[C@H]1O.